The second-order valence-corrected chi connectivity index (χ2v) is 6.37. The lowest BCUT2D eigenvalue weighted by Crippen LogP contribution is -2.13. The summed E-state index contributed by atoms with van der Waals surface area (Å²) in [6.45, 7) is 1.53. The van der Waals surface area contributed by atoms with E-state index in [2.05, 4.69) is 15.4 Å². The van der Waals surface area contributed by atoms with Gasteiger partial charge in [-0.05, 0) is 49.4 Å². The van der Waals surface area contributed by atoms with Crippen molar-refractivity contribution >= 4 is 0 Å². The van der Waals surface area contributed by atoms with E-state index in [1.54, 1.807) is 42.3 Å². The summed E-state index contributed by atoms with van der Waals surface area (Å²) in [7, 11) is 1.59. The lowest BCUT2D eigenvalue weighted by atomic mass is 10.1. The average molecular weight is 399 g/mol. The van der Waals surface area contributed by atoms with Crippen molar-refractivity contribution < 1.29 is 17.9 Å². The fraction of sp³-hybridized carbons (Fsp3) is 0.150. The Labute approximate surface area is 164 Å². The van der Waals surface area contributed by atoms with Crippen molar-refractivity contribution in [2.45, 2.75) is 13.1 Å². The van der Waals surface area contributed by atoms with Gasteiger partial charge in [0.05, 0.1) is 30.4 Å². The maximum atomic E-state index is 13.2. The van der Waals surface area contributed by atoms with Gasteiger partial charge in [-0.2, -0.15) is 18.3 Å². The molecule has 4 rings (SSSR count). The summed E-state index contributed by atoms with van der Waals surface area (Å²) in [6.07, 6.45) is -2.74. The molecule has 148 valence electrons. The number of rotatable bonds is 4. The number of ether oxygens (including phenoxy) is 1. The molecule has 0 radical (unpaired) electrons. The van der Waals surface area contributed by atoms with Gasteiger partial charge in [0.25, 0.3) is 0 Å². The van der Waals surface area contributed by atoms with Crippen LogP contribution >= 0.6 is 0 Å². The van der Waals surface area contributed by atoms with Gasteiger partial charge in [0.1, 0.15) is 17.1 Å². The van der Waals surface area contributed by atoms with Crippen molar-refractivity contribution in [1.29, 1.82) is 0 Å². The fourth-order valence-corrected chi connectivity index (χ4v) is 2.93. The van der Waals surface area contributed by atoms with Crippen molar-refractivity contribution in [3.05, 3.63) is 72.2 Å². The third-order valence-corrected chi connectivity index (χ3v) is 4.36. The third-order valence-electron chi connectivity index (χ3n) is 4.36. The minimum atomic E-state index is -4.49. The molecule has 0 bridgehead atoms. The number of aromatic nitrogens is 5. The van der Waals surface area contributed by atoms with Gasteiger partial charge >= 0.3 is 6.18 Å². The number of aryl methyl sites for hydroxylation is 1. The van der Waals surface area contributed by atoms with E-state index in [1.807, 2.05) is 24.3 Å². The zero-order valence-electron chi connectivity index (χ0n) is 15.6. The average Bonchev–Trinajstić information content (AvgIpc) is 3.35. The SMILES string of the molecule is COc1ccc(-n2cc(-c3ccc(-n4nc(C)cc4C(F)(F)F)cc3)nn2)cc1. The summed E-state index contributed by atoms with van der Waals surface area (Å²) in [6, 6.07) is 14.9. The molecule has 4 aromatic rings. The standard InChI is InChI=1S/C20H16F3N5O/c1-13-11-19(20(21,22)23)28(25-13)16-5-3-14(4-6-16)18-12-27(26-24-18)15-7-9-17(29-2)10-8-15/h3-12H,1-2H3. The summed E-state index contributed by atoms with van der Waals surface area (Å²) in [5.41, 5.74) is 1.93. The van der Waals surface area contributed by atoms with Crippen LogP contribution in [0.15, 0.2) is 60.8 Å². The Morgan fingerprint density at radius 2 is 1.59 bits per heavy atom. The molecule has 0 amide bonds. The lowest BCUT2D eigenvalue weighted by Gasteiger charge is -2.10. The summed E-state index contributed by atoms with van der Waals surface area (Å²) in [4.78, 5) is 0. The molecule has 29 heavy (non-hydrogen) atoms. The summed E-state index contributed by atoms with van der Waals surface area (Å²) >= 11 is 0. The molecule has 0 N–H and O–H groups in total. The quantitative estimate of drug-likeness (QED) is 0.509. The molecule has 9 heteroatoms. The van der Waals surface area contributed by atoms with Crippen LogP contribution in [0.25, 0.3) is 22.6 Å². The minimum Gasteiger partial charge on any atom is -0.497 e. The smallest absolute Gasteiger partial charge is 0.433 e. The van der Waals surface area contributed by atoms with Crippen LogP contribution in [0.2, 0.25) is 0 Å². The molecule has 0 atom stereocenters. The Bertz CT molecular complexity index is 1130. The first-order valence-corrected chi connectivity index (χ1v) is 8.66. The number of halogens is 3. The first-order chi connectivity index (χ1) is 13.8. The molecule has 0 aliphatic heterocycles. The van der Waals surface area contributed by atoms with Gasteiger partial charge in [-0.15, -0.1) is 5.10 Å². The summed E-state index contributed by atoms with van der Waals surface area (Å²) in [5, 5.41) is 12.2. The van der Waals surface area contributed by atoms with Crippen molar-refractivity contribution in [2.75, 3.05) is 7.11 Å². The monoisotopic (exact) mass is 399 g/mol. The van der Waals surface area contributed by atoms with Gasteiger partial charge in [-0.1, -0.05) is 17.3 Å². The molecule has 0 saturated carbocycles. The van der Waals surface area contributed by atoms with Gasteiger partial charge < -0.3 is 4.74 Å². The minimum absolute atomic E-state index is 0.295. The number of methoxy groups -OCH3 is 1. The van der Waals surface area contributed by atoms with Crippen LogP contribution < -0.4 is 4.74 Å². The number of nitrogens with zero attached hydrogens (tertiary/aromatic N) is 5. The van der Waals surface area contributed by atoms with E-state index in [9.17, 15) is 13.2 Å². The number of benzene rings is 2. The Hall–Kier alpha value is -3.62. The van der Waals surface area contributed by atoms with E-state index in [4.69, 9.17) is 4.74 Å². The predicted octanol–water partition coefficient (Wildman–Crippen LogP) is 4.46. The normalized spacial score (nSPS) is 11.6. The van der Waals surface area contributed by atoms with Crippen LogP contribution in [-0.4, -0.2) is 31.9 Å². The van der Waals surface area contributed by atoms with Gasteiger partial charge in [0, 0.05) is 5.56 Å². The van der Waals surface area contributed by atoms with Gasteiger partial charge in [-0.3, -0.25) is 0 Å². The topological polar surface area (TPSA) is 57.8 Å². The van der Waals surface area contributed by atoms with Crippen LogP contribution in [0.3, 0.4) is 0 Å². The molecule has 0 aliphatic carbocycles. The van der Waals surface area contributed by atoms with E-state index in [1.165, 1.54) is 6.92 Å². The van der Waals surface area contributed by atoms with E-state index in [0.29, 0.717) is 17.1 Å². The molecule has 2 aromatic heterocycles. The van der Waals surface area contributed by atoms with E-state index in [-0.39, 0.29) is 0 Å². The highest BCUT2D eigenvalue weighted by Gasteiger charge is 2.35. The van der Waals surface area contributed by atoms with Gasteiger partial charge in [0.15, 0.2) is 0 Å². The highest BCUT2D eigenvalue weighted by molar-refractivity contribution is 5.60. The van der Waals surface area contributed by atoms with E-state index >= 15 is 0 Å². The largest absolute Gasteiger partial charge is 0.497 e. The van der Waals surface area contributed by atoms with Gasteiger partial charge in [-0.25, -0.2) is 9.36 Å². The first-order valence-electron chi connectivity index (χ1n) is 8.66. The van der Waals surface area contributed by atoms with Crippen LogP contribution in [0.4, 0.5) is 13.2 Å². The zero-order chi connectivity index (χ0) is 20.6. The molecule has 0 unspecified atom stereocenters. The molecule has 0 spiro atoms. The molecule has 2 heterocycles. The number of hydrogen-bond acceptors (Lipinski definition) is 4. The second-order valence-electron chi connectivity index (χ2n) is 6.37. The van der Waals surface area contributed by atoms with Crippen molar-refractivity contribution in [3.63, 3.8) is 0 Å². The van der Waals surface area contributed by atoms with Crippen LogP contribution in [0.1, 0.15) is 11.4 Å². The van der Waals surface area contributed by atoms with Crippen molar-refractivity contribution in [1.82, 2.24) is 24.8 Å². The summed E-state index contributed by atoms with van der Waals surface area (Å²) in [5.74, 6) is 0.733. The Balaban J connectivity index is 1.62. The Kier molecular flexibility index (Phi) is 4.57. The maximum Gasteiger partial charge on any atom is 0.433 e. The lowest BCUT2D eigenvalue weighted by molar-refractivity contribution is -0.142. The van der Waals surface area contributed by atoms with Crippen molar-refractivity contribution in [3.8, 4) is 28.4 Å². The third kappa shape index (κ3) is 3.71. The predicted molar refractivity (Wildman–Crippen MR) is 100 cm³/mol. The fourth-order valence-electron chi connectivity index (χ4n) is 2.93. The first kappa shape index (κ1) is 18.7. The maximum absolute atomic E-state index is 13.2. The molecule has 0 saturated heterocycles. The Morgan fingerprint density at radius 3 is 2.21 bits per heavy atom. The molecule has 2 aromatic carbocycles. The summed E-state index contributed by atoms with van der Waals surface area (Å²) < 4.78 is 47.3. The molecule has 0 aliphatic rings. The molecule has 6 nitrogen and oxygen atoms in total. The van der Waals surface area contributed by atoms with Crippen LogP contribution in [0.5, 0.6) is 5.75 Å². The number of hydrogen-bond donors (Lipinski definition) is 0. The van der Waals surface area contributed by atoms with Crippen molar-refractivity contribution in [2.24, 2.45) is 0 Å². The molecular weight excluding hydrogens is 383 g/mol. The van der Waals surface area contributed by atoms with Gasteiger partial charge in [0.2, 0.25) is 0 Å². The van der Waals surface area contributed by atoms with Crippen LogP contribution in [0, 0.1) is 6.92 Å². The Morgan fingerprint density at radius 1 is 0.931 bits per heavy atom. The number of alkyl halides is 3. The highest BCUT2D eigenvalue weighted by atomic mass is 19.4. The highest BCUT2D eigenvalue weighted by Crippen LogP contribution is 2.32. The zero-order valence-corrected chi connectivity index (χ0v) is 15.6. The molecule has 0 fully saturated rings. The van der Waals surface area contributed by atoms with Crippen LogP contribution in [-0.2, 0) is 6.18 Å². The second kappa shape index (κ2) is 7.08. The molecular formula is C20H16F3N5O. The van der Waals surface area contributed by atoms with E-state index < -0.39 is 11.9 Å². The van der Waals surface area contributed by atoms with E-state index in [0.717, 1.165) is 27.7 Å².